The Hall–Kier alpha value is -1.33. The highest BCUT2D eigenvalue weighted by molar-refractivity contribution is 7.09. The smallest absolute Gasteiger partial charge is 0.133 e. The quantitative estimate of drug-likeness (QED) is 0.876. The van der Waals surface area contributed by atoms with Crippen LogP contribution in [0.5, 0.6) is 0 Å². The van der Waals surface area contributed by atoms with Gasteiger partial charge in [0.15, 0.2) is 0 Å². The Morgan fingerprint density at radius 1 is 1.31 bits per heavy atom. The topological polar surface area (TPSA) is 38.9 Å². The summed E-state index contributed by atoms with van der Waals surface area (Å²) in [5.41, 5.74) is 6.31. The molecule has 5 heteroatoms. The Kier molecular flexibility index (Phi) is 2.98. The second-order valence-electron chi connectivity index (χ2n) is 3.41. The molecule has 0 radical (unpaired) electrons. The van der Waals surface area contributed by atoms with Gasteiger partial charge >= 0.3 is 0 Å². The van der Waals surface area contributed by atoms with E-state index in [1.165, 1.54) is 30.4 Å². The van der Waals surface area contributed by atoms with Crippen molar-refractivity contribution in [2.75, 3.05) is 0 Å². The van der Waals surface area contributed by atoms with Gasteiger partial charge in [-0.15, -0.1) is 11.3 Å². The molecule has 0 spiro atoms. The van der Waals surface area contributed by atoms with Gasteiger partial charge in [0.25, 0.3) is 0 Å². The van der Waals surface area contributed by atoms with Crippen molar-refractivity contribution >= 4 is 11.3 Å². The molecular weight excluding hydrogens is 230 g/mol. The van der Waals surface area contributed by atoms with E-state index in [9.17, 15) is 8.78 Å². The number of halogens is 2. The fraction of sp³-hybridized carbons (Fsp3) is 0.182. The first-order chi connectivity index (χ1) is 7.61. The van der Waals surface area contributed by atoms with Gasteiger partial charge in [0.1, 0.15) is 16.6 Å². The summed E-state index contributed by atoms with van der Waals surface area (Å²) in [6, 6.07) is 2.34. The van der Waals surface area contributed by atoms with E-state index < -0.39 is 11.6 Å². The minimum Gasteiger partial charge on any atom is -0.325 e. The molecule has 0 bridgehead atoms. The highest BCUT2D eigenvalue weighted by atomic mass is 32.1. The third kappa shape index (κ3) is 1.96. The summed E-state index contributed by atoms with van der Waals surface area (Å²) < 4.78 is 26.9. The average molecular weight is 240 g/mol. The van der Waals surface area contributed by atoms with Crippen molar-refractivity contribution < 1.29 is 8.78 Å². The Morgan fingerprint density at radius 3 is 2.69 bits per heavy atom. The molecule has 0 fully saturated rings. The van der Waals surface area contributed by atoms with Gasteiger partial charge in [-0.25, -0.2) is 13.8 Å². The predicted octanol–water partition coefficient (Wildman–Crippen LogP) is 2.86. The molecule has 2 nitrogen and oxygen atoms in total. The van der Waals surface area contributed by atoms with Crippen LogP contribution in [0.4, 0.5) is 8.78 Å². The van der Waals surface area contributed by atoms with Crippen LogP contribution in [0, 0.1) is 18.6 Å². The van der Waals surface area contributed by atoms with Crippen LogP contribution in [0.15, 0.2) is 17.5 Å². The molecule has 1 heterocycles. The zero-order valence-corrected chi connectivity index (χ0v) is 9.44. The summed E-state index contributed by atoms with van der Waals surface area (Å²) >= 11 is 1.34. The number of rotatable bonds is 2. The van der Waals surface area contributed by atoms with Crippen LogP contribution in [0.3, 0.4) is 0 Å². The maximum Gasteiger partial charge on any atom is 0.133 e. The summed E-state index contributed by atoms with van der Waals surface area (Å²) in [7, 11) is 0. The lowest BCUT2D eigenvalue weighted by Gasteiger charge is -2.02. The zero-order chi connectivity index (χ0) is 11.7. The van der Waals surface area contributed by atoms with Crippen molar-refractivity contribution in [2.24, 2.45) is 5.73 Å². The highest BCUT2D eigenvalue weighted by Gasteiger charge is 2.12. The molecule has 1 aromatic carbocycles. The van der Waals surface area contributed by atoms with Crippen LogP contribution in [-0.4, -0.2) is 4.98 Å². The largest absolute Gasteiger partial charge is 0.325 e. The molecule has 0 aliphatic heterocycles. The van der Waals surface area contributed by atoms with E-state index in [1.807, 2.05) is 0 Å². The Bertz CT molecular complexity index is 523. The van der Waals surface area contributed by atoms with Crippen molar-refractivity contribution in [3.8, 4) is 11.3 Å². The van der Waals surface area contributed by atoms with Crippen molar-refractivity contribution in [3.05, 3.63) is 39.7 Å². The molecule has 0 saturated carbocycles. The Balaban J connectivity index is 2.51. The van der Waals surface area contributed by atoms with Gasteiger partial charge in [-0.2, -0.15) is 0 Å². The average Bonchev–Trinajstić information content (AvgIpc) is 2.71. The van der Waals surface area contributed by atoms with E-state index in [2.05, 4.69) is 4.98 Å². The molecule has 0 unspecified atom stereocenters. The third-order valence-electron chi connectivity index (χ3n) is 2.25. The van der Waals surface area contributed by atoms with E-state index >= 15 is 0 Å². The van der Waals surface area contributed by atoms with Gasteiger partial charge in [0.05, 0.1) is 5.69 Å². The first kappa shape index (κ1) is 11.2. The molecular formula is C11H10F2N2S. The van der Waals surface area contributed by atoms with Crippen LogP contribution in [0.2, 0.25) is 0 Å². The van der Waals surface area contributed by atoms with E-state index in [0.717, 1.165) is 0 Å². The van der Waals surface area contributed by atoms with Gasteiger partial charge in [-0.1, -0.05) is 0 Å². The lowest BCUT2D eigenvalue weighted by molar-refractivity contribution is 0.595. The van der Waals surface area contributed by atoms with Gasteiger partial charge in [0.2, 0.25) is 0 Å². The maximum atomic E-state index is 13.6. The number of hydrogen-bond acceptors (Lipinski definition) is 3. The molecule has 2 N–H and O–H groups in total. The van der Waals surface area contributed by atoms with Crippen LogP contribution < -0.4 is 5.73 Å². The molecule has 2 aromatic rings. The monoisotopic (exact) mass is 240 g/mol. The highest BCUT2D eigenvalue weighted by Crippen LogP contribution is 2.26. The van der Waals surface area contributed by atoms with Crippen LogP contribution in [0.1, 0.15) is 10.6 Å². The second kappa shape index (κ2) is 4.27. The van der Waals surface area contributed by atoms with Gasteiger partial charge in [-0.3, -0.25) is 0 Å². The molecule has 16 heavy (non-hydrogen) atoms. The summed E-state index contributed by atoms with van der Waals surface area (Å²) in [4.78, 5) is 4.12. The maximum absolute atomic E-state index is 13.6. The number of benzene rings is 1. The molecule has 0 aliphatic carbocycles. The minimum atomic E-state index is -0.465. The summed E-state index contributed by atoms with van der Waals surface area (Å²) in [6.07, 6.45) is 0. The van der Waals surface area contributed by atoms with Gasteiger partial charge in [-0.05, 0) is 24.6 Å². The SMILES string of the molecule is Cc1cc(F)c(-c2csc(CN)n2)cc1F. The van der Waals surface area contributed by atoms with Crippen molar-refractivity contribution in [1.82, 2.24) is 4.98 Å². The molecule has 0 amide bonds. The Labute approximate surface area is 95.7 Å². The molecule has 0 atom stereocenters. The molecule has 1 aromatic heterocycles. The summed E-state index contributed by atoms with van der Waals surface area (Å²) in [5.74, 6) is -0.897. The summed E-state index contributed by atoms with van der Waals surface area (Å²) in [6.45, 7) is 1.83. The lowest BCUT2D eigenvalue weighted by Crippen LogP contribution is -1.95. The van der Waals surface area contributed by atoms with Gasteiger partial charge < -0.3 is 5.73 Å². The van der Waals surface area contributed by atoms with Crippen molar-refractivity contribution in [3.63, 3.8) is 0 Å². The van der Waals surface area contributed by atoms with E-state index in [0.29, 0.717) is 17.2 Å². The number of nitrogens with two attached hydrogens (primary N) is 1. The van der Waals surface area contributed by atoms with Crippen molar-refractivity contribution in [2.45, 2.75) is 13.5 Å². The summed E-state index contributed by atoms with van der Waals surface area (Å²) in [5, 5.41) is 2.38. The molecule has 84 valence electrons. The van der Waals surface area contributed by atoms with Gasteiger partial charge in [0, 0.05) is 17.5 Å². The zero-order valence-electron chi connectivity index (χ0n) is 8.63. The Morgan fingerprint density at radius 2 is 2.06 bits per heavy atom. The first-order valence-electron chi connectivity index (χ1n) is 4.72. The standard InChI is InChI=1S/C11H10F2N2S/c1-6-2-9(13)7(3-8(6)12)10-5-16-11(4-14)15-10/h2-3,5H,4,14H2,1H3. The third-order valence-corrected chi connectivity index (χ3v) is 3.12. The molecule has 0 saturated heterocycles. The minimum absolute atomic E-state index is 0.180. The fourth-order valence-corrected chi connectivity index (χ4v) is 2.05. The molecule has 2 rings (SSSR count). The number of hydrogen-bond donors (Lipinski definition) is 1. The van der Waals surface area contributed by atoms with Crippen LogP contribution in [-0.2, 0) is 6.54 Å². The first-order valence-corrected chi connectivity index (χ1v) is 5.60. The van der Waals surface area contributed by atoms with Crippen LogP contribution in [0.25, 0.3) is 11.3 Å². The van der Waals surface area contributed by atoms with Crippen molar-refractivity contribution in [1.29, 1.82) is 0 Å². The molecule has 0 aliphatic rings. The number of nitrogens with zero attached hydrogens (tertiary/aromatic N) is 1. The normalized spacial score (nSPS) is 10.8. The van der Waals surface area contributed by atoms with E-state index in [-0.39, 0.29) is 11.1 Å². The second-order valence-corrected chi connectivity index (χ2v) is 4.35. The number of thiazole rings is 1. The predicted molar refractivity (Wildman–Crippen MR) is 60.1 cm³/mol. The number of aryl methyl sites for hydroxylation is 1. The number of aromatic nitrogens is 1. The van der Waals surface area contributed by atoms with E-state index in [4.69, 9.17) is 5.73 Å². The fourth-order valence-electron chi connectivity index (χ4n) is 1.37. The van der Waals surface area contributed by atoms with Crippen LogP contribution >= 0.6 is 11.3 Å². The lowest BCUT2D eigenvalue weighted by atomic mass is 10.1. The van der Waals surface area contributed by atoms with E-state index in [1.54, 1.807) is 5.38 Å².